The van der Waals surface area contributed by atoms with Crippen molar-refractivity contribution in [3.8, 4) is 5.88 Å². The summed E-state index contributed by atoms with van der Waals surface area (Å²) in [7, 11) is -1.22. The van der Waals surface area contributed by atoms with Crippen LogP contribution in [0.25, 0.3) is 0 Å². The molecule has 1 saturated carbocycles. The van der Waals surface area contributed by atoms with Crippen LogP contribution in [-0.4, -0.2) is 50.1 Å². The van der Waals surface area contributed by atoms with Crippen molar-refractivity contribution < 1.29 is 13.2 Å². The first-order chi connectivity index (χ1) is 12.0. The fourth-order valence-corrected chi connectivity index (χ4v) is 4.92. The SMILES string of the molecule is CN=C(NCc1ccc(OC2CCCC2)nc1)NC1CCS(=O)(=O)C1.I. The molecule has 0 spiro atoms. The lowest BCUT2D eigenvalue weighted by Gasteiger charge is -2.16. The van der Waals surface area contributed by atoms with Gasteiger partial charge in [0.1, 0.15) is 6.10 Å². The van der Waals surface area contributed by atoms with Gasteiger partial charge >= 0.3 is 0 Å². The van der Waals surface area contributed by atoms with Gasteiger partial charge < -0.3 is 15.4 Å². The Morgan fingerprint density at radius 2 is 2.08 bits per heavy atom. The zero-order valence-corrected chi connectivity index (χ0v) is 18.1. The molecule has 2 heterocycles. The number of aromatic nitrogens is 1. The van der Waals surface area contributed by atoms with E-state index < -0.39 is 9.84 Å². The molecule has 9 heteroatoms. The van der Waals surface area contributed by atoms with E-state index in [0.717, 1.165) is 18.4 Å². The fourth-order valence-electron chi connectivity index (χ4n) is 3.24. The Bertz CT molecular complexity index is 703. The van der Waals surface area contributed by atoms with Crippen LogP contribution in [0.4, 0.5) is 0 Å². The molecule has 1 aliphatic carbocycles. The van der Waals surface area contributed by atoms with Gasteiger partial charge in [0.05, 0.1) is 11.5 Å². The number of hydrogen-bond donors (Lipinski definition) is 2. The maximum absolute atomic E-state index is 11.5. The predicted molar refractivity (Wildman–Crippen MR) is 113 cm³/mol. The number of ether oxygens (including phenoxy) is 1. The molecular weight excluding hydrogens is 467 g/mol. The quantitative estimate of drug-likeness (QED) is 0.369. The van der Waals surface area contributed by atoms with Crippen molar-refractivity contribution in [3.63, 3.8) is 0 Å². The molecule has 2 fully saturated rings. The van der Waals surface area contributed by atoms with Gasteiger partial charge in [-0.05, 0) is 37.7 Å². The molecule has 1 aromatic heterocycles. The Morgan fingerprint density at radius 3 is 2.65 bits per heavy atom. The second-order valence-electron chi connectivity index (χ2n) is 6.70. The normalized spacial score (nSPS) is 22.7. The Labute approximate surface area is 172 Å². The molecule has 1 unspecified atom stereocenters. The molecule has 2 aliphatic rings. The van der Waals surface area contributed by atoms with E-state index in [1.54, 1.807) is 13.2 Å². The highest BCUT2D eigenvalue weighted by molar-refractivity contribution is 14.0. The number of nitrogens with one attached hydrogen (secondary N) is 2. The lowest BCUT2D eigenvalue weighted by molar-refractivity contribution is 0.201. The molecule has 1 saturated heterocycles. The van der Waals surface area contributed by atoms with Crippen molar-refractivity contribution in [3.05, 3.63) is 23.9 Å². The van der Waals surface area contributed by atoms with E-state index in [1.165, 1.54) is 12.8 Å². The minimum absolute atomic E-state index is 0. The number of rotatable bonds is 5. The third-order valence-electron chi connectivity index (χ3n) is 4.64. The van der Waals surface area contributed by atoms with Gasteiger partial charge in [-0.3, -0.25) is 4.99 Å². The molecule has 1 aliphatic heterocycles. The molecule has 26 heavy (non-hydrogen) atoms. The Balaban J connectivity index is 0.00000243. The van der Waals surface area contributed by atoms with Crippen LogP contribution in [0.1, 0.15) is 37.7 Å². The summed E-state index contributed by atoms with van der Waals surface area (Å²) >= 11 is 0. The van der Waals surface area contributed by atoms with E-state index >= 15 is 0 Å². The smallest absolute Gasteiger partial charge is 0.213 e. The van der Waals surface area contributed by atoms with Crippen molar-refractivity contribution in [2.75, 3.05) is 18.6 Å². The third kappa shape index (κ3) is 6.26. The summed E-state index contributed by atoms with van der Waals surface area (Å²) in [6.45, 7) is 0.565. The number of pyridine rings is 1. The van der Waals surface area contributed by atoms with Crippen molar-refractivity contribution in [1.29, 1.82) is 0 Å². The standard InChI is InChI=1S/C17H26N4O3S.HI/c1-18-17(21-14-8-9-25(22,23)12-14)20-11-13-6-7-16(19-10-13)24-15-4-2-3-5-15;/h6-7,10,14-15H,2-5,8-9,11-12H2,1H3,(H2,18,20,21);1H. The van der Waals surface area contributed by atoms with Gasteiger partial charge in [0, 0.05) is 31.9 Å². The summed E-state index contributed by atoms with van der Waals surface area (Å²) in [5, 5.41) is 6.36. The number of hydrogen-bond acceptors (Lipinski definition) is 5. The van der Waals surface area contributed by atoms with Crippen molar-refractivity contribution >= 4 is 39.8 Å². The molecule has 0 amide bonds. The summed E-state index contributed by atoms with van der Waals surface area (Å²) in [6, 6.07) is 3.81. The third-order valence-corrected chi connectivity index (χ3v) is 6.41. The highest BCUT2D eigenvalue weighted by Crippen LogP contribution is 2.22. The lowest BCUT2D eigenvalue weighted by Crippen LogP contribution is -2.43. The van der Waals surface area contributed by atoms with E-state index in [9.17, 15) is 8.42 Å². The zero-order valence-electron chi connectivity index (χ0n) is 15.0. The molecule has 3 rings (SSSR count). The summed E-state index contributed by atoms with van der Waals surface area (Å²) in [4.78, 5) is 8.52. The summed E-state index contributed by atoms with van der Waals surface area (Å²) in [6.07, 6.45) is 7.43. The number of sulfone groups is 1. The molecular formula is C17H27IN4O3S. The van der Waals surface area contributed by atoms with E-state index in [4.69, 9.17) is 4.74 Å². The second kappa shape index (κ2) is 9.72. The molecule has 146 valence electrons. The summed E-state index contributed by atoms with van der Waals surface area (Å²) < 4.78 is 28.9. The zero-order chi connectivity index (χ0) is 17.7. The summed E-state index contributed by atoms with van der Waals surface area (Å²) in [5.74, 6) is 1.69. The van der Waals surface area contributed by atoms with Crippen molar-refractivity contribution in [2.24, 2.45) is 4.99 Å². The monoisotopic (exact) mass is 494 g/mol. The molecule has 7 nitrogen and oxygen atoms in total. The number of halogens is 1. The first kappa shape index (κ1) is 21.2. The Hall–Kier alpha value is -1.10. The predicted octanol–water partition coefficient (Wildman–Crippen LogP) is 1.87. The van der Waals surface area contributed by atoms with E-state index in [1.807, 2.05) is 12.1 Å². The summed E-state index contributed by atoms with van der Waals surface area (Å²) in [5.41, 5.74) is 1.01. The van der Waals surface area contributed by atoms with Gasteiger partial charge in [-0.1, -0.05) is 6.07 Å². The van der Waals surface area contributed by atoms with Crippen LogP contribution in [0.3, 0.4) is 0 Å². The number of aliphatic imine (C=N–C) groups is 1. The molecule has 0 radical (unpaired) electrons. The van der Waals surface area contributed by atoms with E-state index in [2.05, 4.69) is 20.6 Å². The molecule has 2 N–H and O–H groups in total. The molecule has 1 atom stereocenters. The van der Waals surface area contributed by atoms with Gasteiger partial charge in [-0.15, -0.1) is 24.0 Å². The minimum Gasteiger partial charge on any atom is -0.474 e. The number of nitrogens with zero attached hydrogens (tertiary/aromatic N) is 2. The molecule has 0 bridgehead atoms. The van der Waals surface area contributed by atoms with Gasteiger partial charge in [0.25, 0.3) is 0 Å². The first-order valence-electron chi connectivity index (χ1n) is 8.83. The fraction of sp³-hybridized carbons (Fsp3) is 0.647. The van der Waals surface area contributed by atoms with Crippen LogP contribution in [0, 0.1) is 0 Å². The van der Waals surface area contributed by atoms with Crippen LogP contribution in [-0.2, 0) is 16.4 Å². The van der Waals surface area contributed by atoms with Crippen LogP contribution < -0.4 is 15.4 Å². The first-order valence-corrected chi connectivity index (χ1v) is 10.7. The lowest BCUT2D eigenvalue weighted by atomic mass is 10.2. The second-order valence-corrected chi connectivity index (χ2v) is 8.93. The largest absolute Gasteiger partial charge is 0.474 e. The van der Waals surface area contributed by atoms with Crippen LogP contribution >= 0.6 is 24.0 Å². The van der Waals surface area contributed by atoms with Gasteiger partial charge in [0.15, 0.2) is 15.8 Å². The maximum Gasteiger partial charge on any atom is 0.213 e. The van der Waals surface area contributed by atoms with E-state index in [-0.39, 0.29) is 41.5 Å². The van der Waals surface area contributed by atoms with Gasteiger partial charge in [-0.2, -0.15) is 0 Å². The highest BCUT2D eigenvalue weighted by atomic mass is 127. The van der Waals surface area contributed by atoms with E-state index in [0.29, 0.717) is 30.9 Å². The average molecular weight is 494 g/mol. The van der Waals surface area contributed by atoms with Gasteiger partial charge in [0.2, 0.25) is 5.88 Å². The molecule has 0 aromatic carbocycles. The number of guanidine groups is 1. The van der Waals surface area contributed by atoms with Crippen molar-refractivity contribution in [1.82, 2.24) is 15.6 Å². The van der Waals surface area contributed by atoms with Crippen LogP contribution in [0.5, 0.6) is 5.88 Å². The van der Waals surface area contributed by atoms with Gasteiger partial charge in [-0.25, -0.2) is 13.4 Å². The van der Waals surface area contributed by atoms with Crippen LogP contribution in [0.15, 0.2) is 23.3 Å². The Morgan fingerprint density at radius 1 is 1.31 bits per heavy atom. The minimum atomic E-state index is -2.90. The average Bonchev–Trinajstić information content (AvgIpc) is 3.22. The molecule has 1 aromatic rings. The highest BCUT2D eigenvalue weighted by Gasteiger charge is 2.28. The van der Waals surface area contributed by atoms with Crippen molar-refractivity contribution in [2.45, 2.75) is 50.8 Å². The maximum atomic E-state index is 11.5. The Kier molecular flexibility index (Phi) is 7.93. The van der Waals surface area contributed by atoms with Crippen LogP contribution in [0.2, 0.25) is 0 Å². The topological polar surface area (TPSA) is 92.7 Å².